The number of hydrogen-bond acceptors (Lipinski definition) is 6. The topological polar surface area (TPSA) is 68.3 Å². The second kappa shape index (κ2) is 8.66. The van der Waals surface area contributed by atoms with E-state index in [0.29, 0.717) is 33.3 Å². The summed E-state index contributed by atoms with van der Waals surface area (Å²) in [7, 11) is 3.14. The molecule has 0 aromatic heterocycles. The molecule has 8 heteroatoms. The van der Waals surface area contributed by atoms with E-state index in [4.69, 9.17) is 25.9 Å². The molecule has 2 heterocycles. The van der Waals surface area contributed by atoms with Gasteiger partial charge >= 0.3 is 0 Å². The Balaban J connectivity index is 1.65. The Morgan fingerprint density at radius 1 is 0.912 bits per heavy atom. The molecule has 3 aromatic rings. The number of imide groups is 1. The van der Waals surface area contributed by atoms with Crippen LogP contribution >= 0.6 is 11.6 Å². The number of para-hydroxylation sites is 1. The van der Waals surface area contributed by atoms with Crippen molar-refractivity contribution < 1.29 is 23.9 Å². The average Bonchev–Trinajstić information content (AvgIpc) is 3.37. The van der Waals surface area contributed by atoms with E-state index in [1.165, 1.54) is 4.90 Å². The fraction of sp³-hybridized carbons (Fsp3) is 0.231. The summed E-state index contributed by atoms with van der Waals surface area (Å²) >= 11 is 6.29. The average molecular weight is 479 g/mol. The minimum atomic E-state index is -0.994. The molecule has 2 fully saturated rings. The molecule has 0 N–H and O–H groups in total. The molecule has 7 nitrogen and oxygen atoms in total. The maximum absolute atomic E-state index is 13.9. The summed E-state index contributed by atoms with van der Waals surface area (Å²) in [6, 6.07) is 19.3. The van der Waals surface area contributed by atoms with Crippen LogP contribution in [0, 0.1) is 12.8 Å². The number of nitrogens with zero attached hydrogens (tertiary/aromatic N) is 2. The molecule has 3 aromatic carbocycles. The molecule has 2 saturated heterocycles. The number of rotatable bonds is 5. The maximum atomic E-state index is 13.9. The van der Waals surface area contributed by atoms with E-state index in [-0.39, 0.29) is 5.91 Å². The summed E-state index contributed by atoms with van der Waals surface area (Å²) in [4.78, 5) is 34.8. The van der Waals surface area contributed by atoms with E-state index in [2.05, 4.69) is 0 Å². The third kappa shape index (κ3) is 3.40. The number of amides is 2. The molecular formula is C26H23ClN2O5. The van der Waals surface area contributed by atoms with Gasteiger partial charge in [-0.05, 0) is 55.0 Å². The molecule has 34 heavy (non-hydrogen) atoms. The molecule has 0 aliphatic carbocycles. The fourth-order valence-corrected chi connectivity index (χ4v) is 4.85. The van der Waals surface area contributed by atoms with Crippen molar-refractivity contribution in [2.45, 2.75) is 19.1 Å². The van der Waals surface area contributed by atoms with Gasteiger partial charge in [-0.15, -0.1) is 0 Å². The summed E-state index contributed by atoms with van der Waals surface area (Å²) in [6.07, 6.45) is -0.994. The molecule has 2 amide bonds. The number of benzene rings is 3. The van der Waals surface area contributed by atoms with Crippen LogP contribution in [0.2, 0.25) is 5.02 Å². The van der Waals surface area contributed by atoms with E-state index in [1.807, 2.05) is 36.4 Å². The largest absolute Gasteiger partial charge is 0.497 e. The third-order valence-electron chi connectivity index (χ3n) is 6.36. The quantitative estimate of drug-likeness (QED) is 0.494. The lowest BCUT2D eigenvalue weighted by Crippen LogP contribution is -2.37. The van der Waals surface area contributed by atoms with Gasteiger partial charge in [0.1, 0.15) is 23.5 Å². The normalized spacial score (nSPS) is 21.7. The molecule has 0 bridgehead atoms. The van der Waals surface area contributed by atoms with Crippen LogP contribution in [0.1, 0.15) is 17.2 Å². The van der Waals surface area contributed by atoms with Crippen LogP contribution in [0.25, 0.3) is 0 Å². The highest BCUT2D eigenvalue weighted by Crippen LogP contribution is 2.50. The number of carbonyl (C=O) groups excluding carboxylic acids is 2. The number of fused-ring (bicyclic) bond motifs is 1. The molecular weight excluding hydrogens is 456 g/mol. The summed E-state index contributed by atoms with van der Waals surface area (Å²) in [5.41, 5.74) is 2.52. The second-order valence-electron chi connectivity index (χ2n) is 8.16. The Morgan fingerprint density at radius 3 is 2.38 bits per heavy atom. The van der Waals surface area contributed by atoms with Crippen LogP contribution in [-0.4, -0.2) is 32.1 Å². The van der Waals surface area contributed by atoms with Gasteiger partial charge in [0.2, 0.25) is 5.91 Å². The zero-order chi connectivity index (χ0) is 24.0. The first kappa shape index (κ1) is 22.3. The van der Waals surface area contributed by atoms with E-state index in [9.17, 15) is 9.59 Å². The molecule has 2 aliphatic heterocycles. The zero-order valence-corrected chi connectivity index (χ0v) is 19.7. The van der Waals surface area contributed by atoms with E-state index >= 15 is 0 Å². The summed E-state index contributed by atoms with van der Waals surface area (Å²) in [5.74, 6) is -0.411. The SMILES string of the molecule is COc1ccc(OC)c([C@H]2[C@H]3C(=O)N(c4cccc(Cl)c4C)C(=O)[C@H]3ON2c2ccccc2)c1. The molecule has 5 rings (SSSR count). The van der Waals surface area contributed by atoms with Gasteiger partial charge in [0.05, 0.1) is 25.6 Å². The van der Waals surface area contributed by atoms with Gasteiger partial charge in [-0.1, -0.05) is 35.9 Å². The maximum Gasteiger partial charge on any atom is 0.266 e. The lowest BCUT2D eigenvalue weighted by Gasteiger charge is -2.30. The van der Waals surface area contributed by atoms with Crippen molar-refractivity contribution in [3.63, 3.8) is 0 Å². The molecule has 0 saturated carbocycles. The number of halogens is 1. The number of methoxy groups -OCH3 is 2. The van der Waals surface area contributed by atoms with Crippen molar-refractivity contribution in [2.75, 3.05) is 24.2 Å². The first-order valence-electron chi connectivity index (χ1n) is 10.8. The summed E-state index contributed by atoms with van der Waals surface area (Å²) in [6.45, 7) is 1.78. The van der Waals surface area contributed by atoms with Gasteiger partial charge in [-0.3, -0.25) is 14.4 Å². The Morgan fingerprint density at radius 2 is 1.68 bits per heavy atom. The van der Waals surface area contributed by atoms with Crippen molar-refractivity contribution >= 4 is 34.8 Å². The predicted molar refractivity (Wildman–Crippen MR) is 128 cm³/mol. The number of hydroxylamine groups is 1. The van der Waals surface area contributed by atoms with Crippen LogP contribution in [-0.2, 0) is 14.4 Å². The molecule has 2 aliphatic rings. The van der Waals surface area contributed by atoms with Crippen LogP contribution in [0.15, 0.2) is 66.7 Å². The Labute approximate surface area is 202 Å². The van der Waals surface area contributed by atoms with Crippen molar-refractivity contribution in [2.24, 2.45) is 5.92 Å². The Hall–Kier alpha value is -3.55. The van der Waals surface area contributed by atoms with Gasteiger partial charge < -0.3 is 9.47 Å². The molecule has 0 radical (unpaired) electrons. The van der Waals surface area contributed by atoms with Crippen molar-refractivity contribution in [1.29, 1.82) is 0 Å². The zero-order valence-electron chi connectivity index (χ0n) is 18.9. The van der Waals surface area contributed by atoms with E-state index in [0.717, 1.165) is 5.69 Å². The minimum absolute atomic E-state index is 0.353. The fourth-order valence-electron chi connectivity index (χ4n) is 4.68. The first-order valence-corrected chi connectivity index (χ1v) is 11.2. The van der Waals surface area contributed by atoms with E-state index < -0.39 is 24.0 Å². The monoisotopic (exact) mass is 478 g/mol. The Bertz CT molecular complexity index is 1270. The van der Waals surface area contributed by atoms with Crippen LogP contribution in [0.5, 0.6) is 11.5 Å². The third-order valence-corrected chi connectivity index (χ3v) is 6.77. The standard InChI is InChI=1S/C26H23ClN2O5/c1-15-19(27)10-7-11-20(15)28-25(30)22-23(18-14-17(32-2)12-13-21(18)33-3)29(34-24(22)26(28)31)16-8-5-4-6-9-16/h4-14,22-24H,1-3H3/t22-,23+,24+/m1/s1. The smallest absolute Gasteiger partial charge is 0.266 e. The van der Waals surface area contributed by atoms with Crippen LogP contribution in [0.4, 0.5) is 11.4 Å². The highest BCUT2D eigenvalue weighted by atomic mass is 35.5. The molecule has 3 atom stereocenters. The summed E-state index contributed by atoms with van der Waals surface area (Å²) < 4.78 is 11.1. The van der Waals surface area contributed by atoms with Gasteiger partial charge in [0.15, 0.2) is 6.10 Å². The summed E-state index contributed by atoms with van der Waals surface area (Å²) in [5, 5.41) is 2.11. The lowest BCUT2D eigenvalue weighted by molar-refractivity contribution is -0.126. The van der Waals surface area contributed by atoms with Crippen LogP contribution in [0.3, 0.4) is 0 Å². The first-order chi connectivity index (χ1) is 16.5. The Kier molecular flexibility index (Phi) is 5.67. The van der Waals surface area contributed by atoms with Crippen molar-refractivity contribution in [3.05, 3.63) is 82.9 Å². The number of hydrogen-bond donors (Lipinski definition) is 0. The number of ether oxygens (including phenoxy) is 2. The highest BCUT2D eigenvalue weighted by molar-refractivity contribution is 6.32. The van der Waals surface area contributed by atoms with Crippen molar-refractivity contribution in [1.82, 2.24) is 0 Å². The number of carbonyl (C=O) groups is 2. The van der Waals surface area contributed by atoms with Gasteiger partial charge in [0, 0.05) is 10.6 Å². The van der Waals surface area contributed by atoms with E-state index in [1.54, 1.807) is 56.5 Å². The van der Waals surface area contributed by atoms with Crippen LogP contribution < -0.4 is 19.4 Å². The second-order valence-corrected chi connectivity index (χ2v) is 8.57. The van der Waals surface area contributed by atoms with Crippen molar-refractivity contribution in [3.8, 4) is 11.5 Å². The predicted octanol–water partition coefficient (Wildman–Crippen LogP) is 4.72. The van der Waals surface area contributed by atoms with Gasteiger partial charge in [-0.2, -0.15) is 0 Å². The molecule has 0 unspecified atom stereocenters. The number of anilines is 2. The minimum Gasteiger partial charge on any atom is -0.497 e. The van der Waals surface area contributed by atoms with Gasteiger partial charge in [-0.25, -0.2) is 9.96 Å². The van der Waals surface area contributed by atoms with Gasteiger partial charge in [0.25, 0.3) is 5.91 Å². The molecule has 174 valence electrons. The molecule has 0 spiro atoms. The highest BCUT2D eigenvalue weighted by Gasteiger charge is 2.61. The lowest BCUT2D eigenvalue weighted by atomic mass is 9.89.